The van der Waals surface area contributed by atoms with Crippen molar-refractivity contribution in [2.24, 2.45) is 0 Å². The average molecular weight is 518 g/mol. The summed E-state index contributed by atoms with van der Waals surface area (Å²) < 4.78 is 11.0. The van der Waals surface area contributed by atoms with Crippen LogP contribution in [0.2, 0.25) is 0 Å². The number of carbonyl (C=O) groups excluding carboxylic acids is 1. The van der Waals surface area contributed by atoms with Crippen molar-refractivity contribution in [3.63, 3.8) is 0 Å². The van der Waals surface area contributed by atoms with Crippen molar-refractivity contribution in [3.05, 3.63) is 71.9 Å². The van der Waals surface area contributed by atoms with E-state index in [1.54, 1.807) is 19.5 Å². The standard InChI is InChI=1S/C30H39N5O3/c1-3-6-23(26-7-4-10-31-20-26)17-27-21-32-22-28(34-27)24-8-9-25(29(18-24)37-2)19-30(36)33-11-5-12-35-13-15-38-16-14-35/h4,7-10,18,20-23H,3,5-6,11-17,19H2,1-2H3,(H,33,36). The fourth-order valence-corrected chi connectivity index (χ4v) is 4.89. The highest BCUT2D eigenvalue weighted by Crippen LogP contribution is 2.28. The zero-order chi connectivity index (χ0) is 26.6. The summed E-state index contributed by atoms with van der Waals surface area (Å²) in [7, 11) is 1.63. The van der Waals surface area contributed by atoms with Crippen LogP contribution < -0.4 is 10.1 Å². The van der Waals surface area contributed by atoms with Crippen molar-refractivity contribution in [1.82, 2.24) is 25.2 Å². The molecule has 0 radical (unpaired) electrons. The topological polar surface area (TPSA) is 89.5 Å². The molecular weight excluding hydrogens is 478 g/mol. The van der Waals surface area contributed by atoms with Gasteiger partial charge in [-0.15, -0.1) is 0 Å². The number of carbonyl (C=O) groups is 1. The number of hydrogen-bond donors (Lipinski definition) is 1. The number of nitrogens with zero attached hydrogens (tertiary/aromatic N) is 4. The van der Waals surface area contributed by atoms with E-state index in [0.29, 0.717) is 18.2 Å². The first-order valence-electron chi connectivity index (χ1n) is 13.6. The van der Waals surface area contributed by atoms with Crippen molar-refractivity contribution in [1.29, 1.82) is 0 Å². The largest absolute Gasteiger partial charge is 0.496 e. The lowest BCUT2D eigenvalue weighted by Gasteiger charge is -2.26. The number of ether oxygens (including phenoxy) is 2. The lowest BCUT2D eigenvalue weighted by atomic mass is 9.91. The zero-order valence-electron chi connectivity index (χ0n) is 22.6. The van der Waals surface area contributed by atoms with Gasteiger partial charge in [0.15, 0.2) is 0 Å². The summed E-state index contributed by atoms with van der Waals surface area (Å²) in [4.78, 5) is 28.6. The van der Waals surface area contributed by atoms with Crippen LogP contribution in [-0.4, -0.2) is 72.3 Å². The molecule has 4 rings (SSSR count). The second-order valence-electron chi connectivity index (χ2n) is 9.73. The summed E-state index contributed by atoms with van der Waals surface area (Å²) in [6.45, 7) is 7.36. The highest BCUT2D eigenvalue weighted by atomic mass is 16.5. The third-order valence-corrected chi connectivity index (χ3v) is 6.94. The number of hydrogen-bond acceptors (Lipinski definition) is 7. The smallest absolute Gasteiger partial charge is 0.224 e. The van der Waals surface area contributed by atoms with Crippen molar-refractivity contribution in [3.8, 4) is 17.0 Å². The summed E-state index contributed by atoms with van der Waals surface area (Å²) in [5, 5.41) is 3.04. The molecule has 1 fully saturated rings. The van der Waals surface area contributed by atoms with E-state index in [1.165, 1.54) is 5.56 Å². The van der Waals surface area contributed by atoms with Crippen LogP contribution in [0.1, 0.15) is 48.9 Å². The molecule has 1 aliphatic rings. The van der Waals surface area contributed by atoms with E-state index in [-0.39, 0.29) is 12.3 Å². The molecule has 38 heavy (non-hydrogen) atoms. The van der Waals surface area contributed by atoms with Gasteiger partial charge in [-0.05, 0) is 49.4 Å². The Hall–Kier alpha value is -3.36. The Labute approximate surface area is 225 Å². The highest BCUT2D eigenvalue weighted by Gasteiger charge is 2.15. The van der Waals surface area contributed by atoms with Gasteiger partial charge in [0, 0.05) is 49.4 Å². The zero-order valence-corrected chi connectivity index (χ0v) is 22.6. The first-order valence-corrected chi connectivity index (χ1v) is 13.6. The predicted molar refractivity (Wildman–Crippen MR) is 148 cm³/mol. The van der Waals surface area contributed by atoms with Crippen LogP contribution in [0.5, 0.6) is 5.75 Å². The molecule has 0 saturated carbocycles. The molecule has 1 aromatic carbocycles. The van der Waals surface area contributed by atoms with E-state index in [1.807, 2.05) is 36.7 Å². The van der Waals surface area contributed by atoms with Gasteiger partial charge in [-0.3, -0.25) is 19.7 Å². The van der Waals surface area contributed by atoms with Crippen molar-refractivity contribution in [2.75, 3.05) is 46.5 Å². The van der Waals surface area contributed by atoms with E-state index in [0.717, 1.165) is 81.0 Å². The molecule has 1 N–H and O–H groups in total. The molecule has 0 bridgehead atoms. The Balaban J connectivity index is 1.36. The number of pyridine rings is 1. The summed E-state index contributed by atoms with van der Waals surface area (Å²) in [5.41, 5.74) is 4.74. The van der Waals surface area contributed by atoms with Gasteiger partial charge in [-0.2, -0.15) is 0 Å². The Morgan fingerprint density at radius 2 is 2.03 bits per heavy atom. The van der Waals surface area contributed by atoms with Gasteiger partial charge in [-0.25, -0.2) is 4.98 Å². The Bertz CT molecular complexity index is 1150. The van der Waals surface area contributed by atoms with Crippen LogP contribution in [-0.2, 0) is 22.4 Å². The van der Waals surface area contributed by atoms with Gasteiger partial charge in [0.1, 0.15) is 5.75 Å². The number of benzene rings is 1. The third-order valence-electron chi connectivity index (χ3n) is 6.94. The molecule has 0 aliphatic carbocycles. The van der Waals surface area contributed by atoms with Crippen LogP contribution in [0.3, 0.4) is 0 Å². The molecule has 3 aromatic rings. The Morgan fingerprint density at radius 1 is 1.16 bits per heavy atom. The first-order chi connectivity index (χ1) is 18.7. The van der Waals surface area contributed by atoms with Gasteiger partial charge < -0.3 is 14.8 Å². The number of rotatable bonds is 13. The van der Waals surface area contributed by atoms with Gasteiger partial charge in [0.2, 0.25) is 5.91 Å². The average Bonchev–Trinajstić information content (AvgIpc) is 2.96. The SMILES string of the molecule is CCCC(Cc1cncc(-c2ccc(CC(=O)NCCCN3CCOCC3)c(OC)c2)n1)c1cccnc1. The molecular formula is C30H39N5O3. The summed E-state index contributed by atoms with van der Waals surface area (Å²) in [5.74, 6) is 1.03. The number of morpholine rings is 1. The van der Waals surface area contributed by atoms with Crippen molar-refractivity contribution >= 4 is 5.91 Å². The number of amides is 1. The molecule has 1 atom stereocenters. The number of aromatic nitrogens is 3. The molecule has 1 unspecified atom stereocenters. The van der Waals surface area contributed by atoms with Gasteiger partial charge in [0.05, 0.1) is 44.3 Å². The maximum atomic E-state index is 12.6. The number of methoxy groups -OCH3 is 1. The normalized spacial score (nSPS) is 14.7. The third kappa shape index (κ3) is 8.07. The Kier molecular flexibility index (Phi) is 10.6. The molecule has 1 aliphatic heterocycles. The maximum absolute atomic E-state index is 12.6. The molecule has 8 heteroatoms. The van der Waals surface area contributed by atoms with E-state index >= 15 is 0 Å². The molecule has 8 nitrogen and oxygen atoms in total. The second-order valence-corrected chi connectivity index (χ2v) is 9.73. The van der Waals surface area contributed by atoms with Crippen LogP contribution in [0, 0.1) is 0 Å². The minimum absolute atomic E-state index is 0.00261. The van der Waals surface area contributed by atoms with E-state index in [4.69, 9.17) is 14.5 Å². The van der Waals surface area contributed by atoms with Crippen LogP contribution in [0.25, 0.3) is 11.3 Å². The van der Waals surface area contributed by atoms with Crippen molar-refractivity contribution < 1.29 is 14.3 Å². The minimum Gasteiger partial charge on any atom is -0.496 e. The lowest BCUT2D eigenvalue weighted by molar-refractivity contribution is -0.120. The second kappa shape index (κ2) is 14.5. The molecule has 0 spiro atoms. The van der Waals surface area contributed by atoms with Crippen LogP contribution in [0.4, 0.5) is 0 Å². The quantitative estimate of drug-likeness (QED) is 0.342. The Morgan fingerprint density at radius 3 is 2.79 bits per heavy atom. The van der Waals surface area contributed by atoms with Gasteiger partial charge in [-0.1, -0.05) is 31.5 Å². The fraction of sp³-hybridized carbons (Fsp3) is 0.467. The van der Waals surface area contributed by atoms with Crippen LogP contribution in [0.15, 0.2) is 55.1 Å². The highest BCUT2D eigenvalue weighted by molar-refractivity contribution is 5.79. The first kappa shape index (κ1) is 27.7. The molecule has 1 amide bonds. The lowest BCUT2D eigenvalue weighted by Crippen LogP contribution is -2.38. The summed E-state index contributed by atoms with van der Waals surface area (Å²) in [6.07, 6.45) is 11.5. The van der Waals surface area contributed by atoms with E-state index in [9.17, 15) is 4.79 Å². The van der Waals surface area contributed by atoms with E-state index in [2.05, 4.69) is 33.2 Å². The maximum Gasteiger partial charge on any atom is 0.224 e. The fourth-order valence-electron chi connectivity index (χ4n) is 4.89. The summed E-state index contributed by atoms with van der Waals surface area (Å²) in [6, 6.07) is 10.0. The molecule has 3 heterocycles. The molecule has 1 saturated heterocycles. The summed E-state index contributed by atoms with van der Waals surface area (Å²) >= 11 is 0. The number of nitrogens with one attached hydrogen (secondary N) is 1. The monoisotopic (exact) mass is 517 g/mol. The molecule has 202 valence electrons. The van der Waals surface area contributed by atoms with E-state index < -0.39 is 0 Å². The van der Waals surface area contributed by atoms with Gasteiger partial charge in [0.25, 0.3) is 0 Å². The van der Waals surface area contributed by atoms with Crippen LogP contribution >= 0.6 is 0 Å². The predicted octanol–water partition coefficient (Wildman–Crippen LogP) is 4.05. The van der Waals surface area contributed by atoms with Gasteiger partial charge >= 0.3 is 0 Å². The van der Waals surface area contributed by atoms with Crippen molar-refractivity contribution in [2.45, 2.75) is 44.9 Å². The minimum atomic E-state index is -0.00261. The molecule has 2 aromatic heterocycles.